The predicted molar refractivity (Wildman–Crippen MR) is 44.5 cm³/mol. The molecule has 5 nitrogen and oxygen atoms in total. The lowest BCUT2D eigenvalue weighted by molar-refractivity contribution is -0.153. The van der Waals surface area contributed by atoms with Crippen molar-refractivity contribution in [3.05, 3.63) is 6.20 Å². The number of hydrogen-bond donors (Lipinski definition) is 1. The van der Waals surface area contributed by atoms with Gasteiger partial charge in [-0.25, -0.2) is 4.98 Å². The molecule has 8 heteroatoms. The molecule has 1 aromatic heterocycles. The molecule has 0 unspecified atom stereocenters. The van der Waals surface area contributed by atoms with Crippen LogP contribution in [0.5, 0.6) is 11.6 Å². The highest BCUT2D eigenvalue weighted by molar-refractivity contribution is 5.35. The van der Waals surface area contributed by atoms with E-state index in [9.17, 15) is 13.2 Å². The number of hydrogen-bond acceptors (Lipinski definition) is 5. The van der Waals surface area contributed by atoms with Gasteiger partial charge in [-0.1, -0.05) is 0 Å². The van der Waals surface area contributed by atoms with Crippen molar-refractivity contribution in [2.24, 2.45) is 0 Å². The van der Waals surface area contributed by atoms with Crippen LogP contribution in [0.15, 0.2) is 6.20 Å². The first-order valence-corrected chi connectivity index (χ1v) is 3.78. The standard InChI is InChI=1S/C7H8F3N3O2/c1-14-5-4(2-12-6(11)13-5)15-3-7(8,9)10/h2H,3H2,1H3,(H2,11,12,13). The Hall–Kier alpha value is -1.73. The molecule has 1 rings (SSSR count). The van der Waals surface area contributed by atoms with Crippen molar-refractivity contribution in [2.45, 2.75) is 6.18 Å². The van der Waals surface area contributed by atoms with Crippen molar-refractivity contribution in [2.75, 3.05) is 19.5 Å². The van der Waals surface area contributed by atoms with Gasteiger partial charge < -0.3 is 15.2 Å². The van der Waals surface area contributed by atoms with Crippen LogP contribution >= 0.6 is 0 Å². The molecule has 1 heterocycles. The number of aromatic nitrogens is 2. The van der Waals surface area contributed by atoms with E-state index in [0.717, 1.165) is 6.20 Å². The zero-order valence-electron chi connectivity index (χ0n) is 7.71. The first-order chi connectivity index (χ1) is 6.92. The number of nitrogen functional groups attached to an aromatic ring is 1. The number of nitrogens with zero attached hydrogens (tertiary/aromatic N) is 2. The second-order valence-corrected chi connectivity index (χ2v) is 2.51. The molecule has 0 saturated heterocycles. The lowest BCUT2D eigenvalue weighted by atomic mass is 10.5. The minimum absolute atomic E-state index is 0.105. The van der Waals surface area contributed by atoms with Crippen molar-refractivity contribution in [3.63, 3.8) is 0 Å². The van der Waals surface area contributed by atoms with Gasteiger partial charge in [0.25, 0.3) is 5.88 Å². The van der Waals surface area contributed by atoms with Crippen molar-refractivity contribution < 1.29 is 22.6 Å². The van der Waals surface area contributed by atoms with Gasteiger partial charge in [-0.15, -0.1) is 0 Å². The van der Waals surface area contributed by atoms with E-state index in [4.69, 9.17) is 5.73 Å². The summed E-state index contributed by atoms with van der Waals surface area (Å²) in [4.78, 5) is 7.03. The van der Waals surface area contributed by atoms with Gasteiger partial charge in [0.05, 0.1) is 13.3 Å². The van der Waals surface area contributed by atoms with E-state index in [1.807, 2.05) is 0 Å². The lowest BCUT2D eigenvalue weighted by Gasteiger charge is -2.10. The number of halogens is 3. The summed E-state index contributed by atoms with van der Waals surface area (Å²) in [5.41, 5.74) is 5.21. The van der Waals surface area contributed by atoms with E-state index >= 15 is 0 Å². The largest absolute Gasteiger partial charge is 0.478 e. The van der Waals surface area contributed by atoms with Crippen molar-refractivity contribution >= 4 is 5.95 Å². The van der Waals surface area contributed by atoms with E-state index in [1.54, 1.807) is 0 Å². The summed E-state index contributed by atoms with van der Waals surface area (Å²) in [5, 5.41) is 0. The molecule has 1 aromatic rings. The van der Waals surface area contributed by atoms with Gasteiger partial charge in [0, 0.05) is 0 Å². The molecular weight excluding hydrogens is 215 g/mol. The molecule has 15 heavy (non-hydrogen) atoms. The van der Waals surface area contributed by atoms with Crippen molar-refractivity contribution in [1.82, 2.24) is 9.97 Å². The summed E-state index contributed by atoms with van der Waals surface area (Å²) in [7, 11) is 1.24. The second kappa shape index (κ2) is 4.20. The van der Waals surface area contributed by atoms with E-state index in [1.165, 1.54) is 7.11 Å². The van der Waals surface area contributed by atoms with Gasteiger partial charge in [-0.3, -0.25) is 0 Å². The molecule has 0 bridgehead atoms. The van der Waals surface area contributed by atoms with Crippen LogP contribution in [0.25, 0.3) is 0 Å². The summed E-state index contributed by atoms with van der Waals surface area (Å²) >= 11 is 0. The van der Waals surface area contributed by atoms with Crippen LogP contribution in [0, 0.1) is 0 Å². The average molecular weight is 223 g/mol. The number of anilines is 1. The number of methoxy groups -OCH3 is 1. The quantitative estimate of drug-likeness (QED) is 0.827. The Morgan fingerprint density at radius 3 is 2.67 bits per heavy atom. The third-order valence-corrected chi connectivity index (χ3v) is 1.33. The third-order valence-electron chi connectivity index (χ3n) is 1.33. The van der Waals surface area contributed by atoms with Crippen LogP contribution in [0.2, 0.25) is 0 Å². The number of rotatable bonds is 3. The highest BCUT2D eigenvalue weighted by Crippen LogP contribution is 2.25. The Labute approximate surface area is 83.0 Å². The second-order valence-electron chi connectivity index (χ2n) is 2.51. The van der Waals surface area contributed by atoms with Gasteiger partial charge in [0.15, 0.2) is 12.4 Å². The fourth-order valence-electron chi connectivity index (χ4n) is 0.773. The minimum Gasteiger partial charge on any atom is -0.478 e. The average Bonchev–Trinajstić information content (AvgIpc) is 2.14. The first kappa shape index (κ1) is 11.3. The number of ether oxygens (including phenoxy) is 2. The normalized spacial score (nSPS) is 11.2. The summed E-state index contributed by atoms with van der Waals surface area (Å²) in [6.07, 6.45) is -3.40. The smallest absolute Gasteiger partial charge is 0.422 e. The summed E-state index contributed by atoms with van der Waals surface area (Å²) < 4.78 is 44.6. The van der Waals surface area contributed by atoms with Crippen molar-refractivity contribution in [1.29, 1.82) is 0 Å². The lowest BCUT2D eigenvalue weighted by Crippen LogP contribution is -2.19. The zero-order chi connectivity index (χ0) is 11.5. The van der Waals surface area contributed by atoms with E-state index in [2.05, 4.69) is 19.4 Å². The Morgan fingerprint density at radius 1 is 1.47 bits per heavy atom. The maximum atomic E-state index is 11.8. The first-order valence-electron chi connectivity index (χ1n) is 3.78. The van der Waals surface area contributed by atoms with Gasteiger partial charge in [-0.05, 0) is 0 Å². The van der Waals surface area contributed by atoms with Crippen molar-refractivity contribution in [3.8, 4) is 11.6 Å². The van der Waals surface area contributed by atoms with Crippen LogP contribution in [-0.4, -0.2) is 29.9 Å². The predicted octanol–water partition coefficient (Wildman–Crippen LogP) is 1.01. The Bertz CT molecular complexity index is 343. The van der Waals surface area contributed by atoms with E-state index < -0.39 is 12.8 Å². The molecular formula is C7H8F3N3O2. The fourth-order valence-corrected chi connectivity index (χ4v) is 0.773. The summed E-state index contributed by atoms with van der Waals surface area (Å²) in [6, 6.07) is 0. The minimum atomic E-state index is -4.42. The maximum absolute atomic E-state index is 11.8. The fraction of sp³-hybridized carbons (Fsp3) is 0.429. The maximum Gasteiger partial charge on any atom is 0.422 e. The molecule has 0 fully saturated rings. The molecule has 0 aromatic carbocycles. The molecule has 0 radical (unpaired) electrons. The summed E-state index contributed by atoms with van der Waals surface area (Å²) in [5.74, 6) is -0.443. The SMILES string of the molecule is COc1nc(N)ncc1OCC(F)(F)F. The van der Waals surface area contributed by atoms with Gasteiger partial charge in [0.2, 0.25) is 5.95 Å². The van der Waals surface area contributed by atoms with Crippen LogP contribution in [-0.2, 0) is 0 Å². The van der Waals surface area contributed by atoms with Crippen LogP contribution < -0.4 is 15.2 Å². The summed E-state index contributed by atoms with van der Waals surface area (Å²) in [6.45, 7) is -1.43. The third kappa shape index (κ3) is 3.49. The Balaban J connectivity index is 2.76. The molecule has 0 aliphatic heterocycles. The molecule has 2 N–H and O–H groups in total. The molecule has 0 saturated carbocycles. The molecule has 0 atom stereocenters. The van der Waals surface area contributed by atoms with Gasteiger partial charge in [0.1, 0.15) is 0 Å². The van der Waals surface area contributed by atoms with Gasteiger partial charge >= 0.3 is 6.18 Å². The highest BCUT2D eigenvalue weighted by Gasteiger charge is 2.29. The Morgan fingerprint density at radius 2 is 2.13 bits per heavy atom. The molecule has 0 spiro atoms. The molecule has 0 amide bonds. The van der Waals surface area contributed by atoms with Crippen LogP contribution in [0.4, 0.5) is 19.1 Å². The topological polar surface area (TPSA) is 70.3 Å². The monoisotopic (exact) mass is 223 g/mol. The number of alkyl halides is 3. The van der Waals surface area contributed by atoms with E-state index in [-0.39, 0.29) is 17.6 Å². The highest BCUT2D eigenvalue weighted by atomic mass is 19.4. The molecule has 0 aliphatic rings. The molecule has 0 aliphatic carbocycles. The van der Waals surface area contributed by atoms with E-state index in [0.29, 0.717) is 0 Å². The van der Waals surface area contributed by atoms with Crippen LogP contribution in [0.3, 0.4) is 0 Å². The van der Waals surface area contributed by atoms with Gasteiger partial charge in [-0.2, -0.15) is 18.2 Å². The molecule has 84 valence electrons. The van der Waals surface area contributed by atoms with Crippen LogP contribution in [0.1, 0.15) is 0 Å². The Kier molecular flexibility index (Phi) is 3.17. The zero-order valence-corrected chi connectivity index (χ0v) is 7.71. The number of nitrogens with two attached hydrogens (primary N) is 1.